The molecule has 0 saturated carbocycles. The van der Waals surface area contributed by atoms with Gasteiger partial charge >= 0.3 is 0 Å². The molecular formula is C8H12N2OS. The van der Waals surface area contributed by atoms with Crippen LogP contribution in [-0.2, 0) is 0 Å². The van der Waals surface area contributed by atoms with Crippen LogP contribution in [0.15, 0.2) is 11.4 Å². The van der Waals surface area contributed by atoms with Crippen LogP contribution in [0.2, 0.25) is 0 Å². The molecule has 1 unspecified atom stereocenters. The van der Waals surface area contributed by atoms with Gasteiger partial charge in [0.05, 0.1) is 6.10 Å². The van der Waals surface area contributed by atoms with E-state index in [9.17, 15) is 5.11 Å². The number of thioether (sulfide) groups is 1. The Morgan fingerprint density at radius 2 is 2.25 bits per heavy atom. The summed E-state index contributed by atoms with van der Waals surface area (Å²) < 4.78 is 0. The number of hydrogen-bond donors (Lipinski definition) is 1. The van der Waals surface area contributed by atoms with Crippen LogP contribution in [0.4, 0.5) is 0 Å². The third-order valence-electron chi connectivity index (χ3n) is 1.63. The van der Waals surface area contributed by atoms with Crippen LogP contribution in [0, 0.1) is 6.92 Å². The lowest BCUT2D eigenvalue weighted by Gasteiger charge is -2.07. The fraction of sp³-hybridized carbons (Fsp3) is 0.500. The molecule has 12 heavy (non-hydrogen) atoms. The van der Waals surface area contributed by atoms with E-state index in [2.05, 4.69) is 9.97 Å². The lowest BCUT2D eigenvalue weighted by molar-refractivity contribution is 0.197. The zero-order valence-electron chi connectivity index (χ0n) is 7.40. The maximum absolute atomic E-state index is 9.28. The molecule has 0 bridgehead atoms. The van der Waals surface area contributed by atoms with E-state index >= 15 is 0 Å². The first-order chi connectivity index (χ1) is 5.65. The van der Waals surface area contributed by atoms with Crippen molar-refractivity contribution in [2.75, 3.05) is 6.26 Å². The summed E-state index contributed by atoms with van der Waals surface area (Å²) in [6, 6.07) is 0. The molecule has 0 radical (unpaired) electrons. The van der Waals surface area contributed by atoms with Gasteiger partial charge in [0.2, 0.25) is 0 Å². The number of aryl methyl sites for hydroxylation is 1. The monoisotopic (exact) mass is 184 g/mol. The quantitative estimate of drug-likeness (QED) is 0.559. The highest BCUT2D eigenvalue weighted by molar-refractivity contribution is 7.98. The first kappa shape index (κ1) is 9.48. The molecule has 1 aromatic heterocycles. The van der Waals surface area contributed by atoms with Crippen molar-refractivity contribution in [3.8, 4) is 0 Å². The summed E-state index contributed by atoms with van der Waals surface area (Å²) in [5.41, 5.74) is 1.65. The summed E-state index contributed by atoms with van der Waals surface area (Å²) in [7, 11) is 0. The molecule has 0 aromatic carbocycles. The van der Waals surface area contributed by atoms with Crippen LogP contribution in [0.3, 0.4) is 0 Å². The van der Waals surface area contributed by atoms with Crippen molar-refractivity contribution in [1.82, 2.24) is 9.97 Å². The molecule has 0 aliphatic rings. The average molecular weight is 184 g/mol. The van der Waals surface area contributed by atoms with Crippen molar-refractivity contribution in [2.45, 2.75) is 25.1 Å². The van der Waals surface area contributed by atoms with Crippen molar-refractivity contribution < 1.29 is 5.11 Å². The summed E-state index contributed by atoms with van der Waals surface area (Å²) in [4.78, 5) is 8.28. The van der Waals surface area contributed by atoms with Gasteiger partial charge in [-0.05, 0) is 20.1 Å². The van der Waals surface area contributed by atoms with Crippen molar-refractivity contribution in [2.24, 2.45) is 0 Å². The van der Waals surface area contributed by atoms with Crippen LogP contribution >= 0.6 is 11.8 Å². The van der Waals surface area contributed by atoms with Gasteiger partial charge in [-0.1, -0.05) is 11.8 Å². The predicted octanol–water partition coefficient (Wildman–Crippen LogP) is 1.56. The molecule has 66 valence electrons. The zero-order valence-corrected chi connectivity index (χ0v) is 8.22. The van der Waals surface area contributed by atoms with Gasteiger partial charge in [0.15, 0.2) is 5.16 Å². The number of rotatable bonds is 2. The number of aliphatic hydroxyl groups excluding tert-OH is 1. The molecule has 0 fully saturated rings. The van der Waals surface area contributed by atoms with E-state index in [1.165, 1.54) is 11.8 Å². The second-order valence-electron chi connectivity index (χ2n) is 2.57. The van der Waals surface area contributed by atoms with Gasteiger partial charge in [-0.2, -0.15) is 0 Å². The minimum Gasteiger partial charge on any atom is -0.389 e. The van der Waals surface area contributed by atoms with E-state index in [1.54, 1.807) is 13.1 Å². The molecule has 0 amide bonds. The molecule has 1 atom stereocenters. The Balaban J connectivity index is 3.03. The summed E-state index contributed by atoms with van der Waals surface area (Å²) in [6.45, 7) is 3.59. The van der Waals surface area contributed by atoms with Gasteiger partial charge in [-0.3, -0.25) is 0 Å². The van der Waals surface area contributed by atoms with E-state index in [1.807, 2.05) is 13.2 Å². The van der Waals surface area contributed by atoms with Crippen molar-refractivity contribution >= 4 is 11.8 Å². The fourth-order valence-corrected chi connectivity index (χ4v) is 1.35. The lowest BCUT2D eigenvalue weighted by Crippen LogP contribution is -2.00. The second kappa shape index (κ2) is 3.87. The topological polar surface area (TPSA) is 46.0 Å². The van der Waals surface area contributed by atoms with Crippen molar-refractivity contribution in [3.05, 3.63) is 17.5 Å². The Kier molecular flexibility index (Phi) is 3.05. The molecule has 0 spiro atoms. The van der Waals surface area contributed by atoms with E-state index in [0.29, 0.717) is 0 Å². The Morgan fingerprint density at radius 1 is 1.58 bits per heavy atom. The van der Waals surface area contributed by atoms with E-state index < -0.39 is 6.10 Å². The highest BCUT2D eigenvalue weighted by Gasteiger charge is 2.06. The molecular weight excluding hydrogens is 172 g/mol. The van der Waals surface area contributed by atoms with Crippen LogP contribution in [-0.4, -0.2) is 21.3 Å². The fourth-order valence-electron chi connectivity index (χ4n) is 0.964. The first-order valence-electron chi connectivity index (χ1n) is 3.70. The minimum absolute atomic E-state index is 0.485. The highest BCUT2D eigenvalue weighted by Crippen LogP contribution is 2.16. The SMILES string of the molecule is CSc1ncc(C(C)O)c(C)n1. The Morgan fingerprint density at radius 3 is 2.67 bits per heavy atom. The number of aromatic nitrogens is 2. The molecule has 0 aliphatic carbocycles. The van der Waals surface area contributed by atoms with Crippen LogP contribution in [0.1, 0.15) is 24.3 Å². The van der Waals surface area contributed by atoms with Crippen LogP contribution in [0.5, 0.6) is 0 Å². The Labute approximate surface area is 76.2 Å². The molecule has 1 N–H and O–H groups in total. The minimum atomic E-state index is -0.485. The highest BCUT2D eigenvalue weighted by atomic mass is 32.2. The van der Waals surface area contributed by atoms with Crippen molar-refractivity contribution in [3.63, 3.8) is 0 Å². The predicted molar refractivity (Wildman–Crippen MR) is 49.2 cm³/mol. The first-order valence-corrected chi connectivity index (χ1v) is 4.93. The zero-order chi connectivity index (χ0) is 9.14. The summed E-state index contributed by atoms with van der Waals surface area (Å²) in [6.07, 6.45) is 3.12. The largest absolute Gasteiger partial charge is 0.389 e. The maximum Gasteiger partial charge on any atom is 0.187 e. The van der Waals surface area contributed by atoms with E-state index in [0.717, 1.165) is 16.4 Å². The third kappa shape index (κ3) is 1.95. The van der Waals surface area contributed by atoms with Crippen LogP contribution < -0.4 is 0 Å². The summed E-state index contributed by atoms with van der Waals surface area (Å²) >= 11 is 1.50. The summed E-state index contributed by atoms with van der Waals surface area (Å²) in [5.74, 6) is 0. The van der Waals surface area contributed by atoms with Gasteiger partial charge in [-0.15, -0.1) is 0 Å². The maximum atomic E-state index is 9.28. The van der Waals surface area contributed by atoms with Gasteiger partial charge in [0, 0.05) is 17.5 Å². The summed E-state index contributed by atoms with van der Waals surface area (Å²) in [5, 5.41) is 10.0. The lowest BCUT2D eigenvalue weighted by atomic mass is 10.1. The number of aliphatic hydroxyl groups is 1. The molecule has 3 nitrogen and oxygen atoms in total. The van der Waals surface area contributed by atoms with Crippen LogP contribution in [0.25, 0.3) is 0 Å². The Hall–Kier alpha value is -0.610. The number of nitrogens with zero attached hydrogens (tertiary/aromatic N) is 2. The standard InChI is InChI=1S/C8H12N2OS/c1-5-7(6(2)11)4-9-8(10-5)12-3/h4,6,11H,1-3H3. The van der Waals surface area contributed by atoms with Gasteiger partial charge < -0.3 is 5.11 Å². The molecule has 1 rings (SSSR count). The van der Waals surface area contributed by atoms with Gasteiger partial charge in [0.1, 0.15) is 0 Å². The molecule has 4 heteroatoms. The Bertz CT molecular complexity index is 276. The molecule has 1 heterocycles. The average Bonchev–Trinajstić information content (AvgIpc) is 2.03. The normalized spacial score (nSPS) is 13.0. The van der Waals surface area contributed by atoms with Gasteiger partial charge in [0.25, 0.3) is 0 Å². The van der Waals surface area contributed by atoms with E-state index in [-0.39, 0.29) is 0 Å². The van der Waals surface area contributed by atoms with Gasteiger partial charge in [-0.25, -0.2) is 9.97 Å². The smallest absolute Gasteiger partial charge is 0.187 e. The third-order valence-corrected chi connectivity index (χ3v) is 2.19. The molecule has 0 aliphatic heterocycles. The van der Waals surface area contributed by atoms with Crippen molar-refractivity contribution in [1.29, 1.82) is 0 Å². The molecule has 1 aromatic rings. The van der Waals surface area contributed by atoms with E-state index in [4.69, 9.17) is 0 Å². The second-order valence-corrected chi connectivity index (χ2v) is 3.35. The molecule has 0 saturated heterocycles. The number of hydrogen-bond acceptors (Lipinski definition) is 4.